The van der Waals surface area contributed by atoms with Crippen molar-refractivity contribution in [3.63, 3.8) is 0 Å². The van der Waals surface area contributed by atoms with Crippen LogP contribution < -0.4 is 0 Å². The number of benzene rings is 2. The van der Waals surface area contributed by atoms with E-state index >= 15 is 0 Å². The van der Waals surface area contributed by atoms with Crippen LogP contribution in [0.4, 0.5) is 0 Å². The molecule has 0 aliphatic heterocycles. The molecule has 0 bridgehead atoms. The van der Waals surface area contributed by atoms with Crippen molar-refractivity contribution in [3.05, 3.63) is 68.8 Å². The quantitative estimate of drug-likeness (QED) is 0.383. The van der Waals surface area contributed by atoms with Crippen molar-refractivity contribution in [1.82, 2.24) is 0 Å². The fourth-order valence-electron chi connectivity index (χ4n) is 4.08. The molecular weight excluding hydrogens is 379 g/mol. The summed E-state index contributed by atoms with van der Waals surface area (Å²) >= 11 is 2.42. The zero-order valence-electron chi connectivity index (χ0n) is 13.2. The summed E-state index contributed by atoms with van der Waals surface area (Å²) in [7, 11) is 0. The van der Waals surface area contributed by atoms with Crippen molar-refractivity contribution in [3.8, 4) is 11.1 Å². The van der Waals surface area contributed by atoms with Gasteiger partial charge >= 0.3 is 0 Å². The lowest BCUT2D eigenvalue weighted by atomic mass is 9.80. The van der Waals surface area contributed by atoms with Gasteiger partial charge in [0.25, 0.3) is 0 Å². The highest BCUT2D eigenvalue weighted by Crippen LogP contribution is 2.50. The van der Waals surface area contributed by atoms with Crippen LogP contribution >= 0.6 is 22.6 Å². The third-order valence-corrected chi connectivity index (χ3v) is 6.07. The smallest absolute Gasteiger partial charge is 0.0159 e. The standard InChI is InChI=1S/C21H21I/c1-21(2)19-12-15(14-6-4-3-5-7-14)8-10-17(19)18-11-9-16(22)13-20(18)21/h3-4,8-14H,5-7H2,1-2H3. The molecule has 0 N–H and O–H groups in total. The summed E-state index contributed by atoms with van der Waals surface area (Å²) < 4.78 is 1.33. The largest absolute Gasteiger partial charge is 0.0885 e. The fourth-order valence-corrected chi connectivity index (χ4v) is 4.57. The first kappa shape index (κ1) is 14.5. The topological polar surface area (TPSA) is 0 Å². The van der Waals surface area contributed by atoms with Gasteiger partial charge in [0.1, 0.15) is 0 Å². The highest BCUT2D eigenvalue weighted by Gasteiger charge is 2.35. The molecule has 2 aromatic carbocycles. The fraction of sp³-hybridized carbons (Fsp3) is 0.333. The van der Waals surface area contributed by atoms with E-state index in [0.717, 1.165) is 0 Å². The molecular formula is C21H21I. The Morgan fingerprint density at radius 1 is 0.955 bits per heavy atom. The molecule has 0 heterocycles. The summed E-state index contributed by atoms with van der Waals surface area (Å²) in [6, 6.07) is 14.1. The van der Waals surface area contributed by atoms with E-state index < -0.39 is 0 Å². The number of rotatable bonds is 1. The molecule has 0 spiro atoms. The number of fused-ring (bicyclic) bond motifs is 3. The number of allylic oxidation sites excluding steroid dienone is 2. The Morgan fingerprint density at radius 3 is 2.41 bits per heavy atom. The Kier molecular flexibility index (Phi) is 3.44. The Morgan fingerprint density at radius 2 is 1.68 bits per heavy atom. The van der Waals surface area contributed by atoms with Crippen LogP contribution in [0.3, 0.4) is 0 Å². The molecule has 2 aromatic rings. The van der Waals surface area contributed by atoms with Crippen LogP contribution in [0.2, 0.25) is 0 Å². The van der Waals surface area contributed by atoms with Crippen LogP contribution in [0.5, 0.6) is 0 Å². The first-order valence-corrected chi connectivity index (χ1v) is 9.25. The summed E-state index contributed by atoms with van der Waals surface area (Å²) in [5.41, 5.74) is 7.50. The van der Waals surface area contributed by atoms with E-state index in [1.807, 2.05) is 0 Å². The second kappa shape index (κ2) is 5.23. The predicted molar refractivity (Wildman–Crippen MR) is 102 cm³/mol. The van der Waals surface area contributed by atoms with Gasteiger partial charge in [0, 0.05) is 8.99 Å². The average Bonchev–Trinajstić information content (AvgIpc) is 2.76. The second-order valence-electron chi connectivity index (χ2n) is 7.10. The monoisotopic (exact) mass is 400 g/mol. The number of hydrogen-bond donors (Lipinski definition) is 0. The van der Waals surface area contributed by atoms with Crippen molar-refractivity contribution in [1.29, 1.82) is 0 Å². The maximum Gasteiger partial charge on any atom is 0.0159 e. The van der Waals surface area contributed by atoms with E-state index in [0.29, 0.717) is 5.92 Å². The van der Waals surface area contributed by atoms with E-state index in [-0.39, 0.29) is 5.41 Å². The molecule has 1 atom stereocenters. The highest BCUT2D eigenvalue weighted by molar-refractivity contribution is 14.1. The van der Waals surface area contributed by atoms with Gasteiger partial charge in [-0.3, -0.25) is 0 Å². The molecule has 0 aromatic heterocycles. The Bertz CT molecular complexity index is 767. The molecule has 4 rings (SSSR count). The van der Waals surface area contributed by atoms with E-state index in [1.165, 1.54) is 50.6 Å². The summed E-state index contributed by atoms with van der Waals surface area (Å²) in [6.45, 7) is 4.75. The summed E-state index contributed by atoms with van der Waals surface area (Å²) in [5.74, 6) is 0.704. The molecule has 2 aliphatic rings. The summed E-state index contributed by atoms with van der Waals surface area (Å²) in [5, 5.41) is 0. The number of halogens is 1. The van der Waals surface area contributed by atoms with Crippen LogP contribution in [0.25, 0.3) is 11.1 Å². The van der Waals surface area contributed by atoms with Crippen LogP contribution in [-0.2, 0) is 5.41 Å². The lowest BCUT2D eigenvalue weighted by Gasteiger charge is -2.24. The molecule has 0 saturated carbocycles. The van der Waals surface area contributed by atoms with Crippen LogP contribution in [0, 0.1) is 3.57 Å². The van der Waals surface area contributed by atoms with Crippen molar-refractivity contribution < 1.29 is 0 Å². The molecule has 0 fully saturated rings. The van der Waals surface area contributed by atoms with Crippen molar-refractivity contribution in [2.75, 3.05) is 0 Å². The molecule has 1 heteroatoms. The lowest BCUT2D eigenvalue weighted by Crippen LogP contribution is -2.16. The molecule has 0 saturated heterocycles. The Labute approximate surface area is 146 Å². The van der Waals surface area contributed by atoms with E-state index in [1.54, 1.807) is 0 Å². The van der Waals surface area contributed by atoms with E-state index in [2.05, 4.69) is 85.0 Å². The minimum atomic E-state index is 0.117. The summed E-state index contributed by atoms with van der Waals surface area (Å²) in [6.07, 6.45) is 8.39. The van der Waals surface area contributed by atoms with Crippen LogP contribution in [0.1, 0.15) is 55.7 Å². The normalized spacial score (nSPS) is 21.5. The van der Waals surface area contributed by atoms with Crippen molar-refractivity contribution in [2.24, 2.45) is 0 Å². The van der Waals surface area contributed by atoms with Gasteiger partial charge in [-0.1, -0.05) is 50.3 Å². The second-order valence-corrected chi connectivity index (χ2v) is 8.35. The average molecular weight is 400 g/mol. The van der Waals surface area contributed by atoms with Crippen LogP contribution in [0.15, 0.2) is 48.6 Å². The third kappa shape index (κ3) is 2.17. The van der Waals surface area contributed by atoms with E-state index in [9.17, 15) is 0 Å². The number of hydrogen-bond acceptors (Lipinski definition) is 0. The minimum Gasteiger partial charge on any atom is -0.0885 e. The molecule has 0 nitrogen and oxygen atoms in total. The zero-order chi connectivity index (χ0) is 15.3. The maximum absolute atomic E-state index is 2.49. The van der Waals surface area contributed by atoms with Crippen LogP contribution in [-0.4, -0.2) is 0 Å². The van der Waals surface area contributed by atoms with Crippen molar-refractivity contribution >= 4 is 22.6 Å². The minimum absolute atomic E-state index is 0.117. The Hall–Kier alpha value is -1.09. The lowest BCUT2D eigenvalue weighted by molar-refractivity contribution is 0.610. The SMILES string of the molecule is CC1(C)c2cc(I)ccc2-c2ccc(C3CC=CCC3)cc21. The van der Waals surface area contributed by atoms with Crippen molar-refractivity contribution in [2.45, 2.75) is 44.4 Å². The predicted octanol–water partition coefficient (Wildman–Crippen LogP) is 6.42. The first-order chi connectivity index (χ1) is 10.6. The molecule has 112 valence electrons. The molecule has 0 radical (unpaired) electrons. The molecule has 0 amide bonds. The molecule has 2 aliphatic carbocycles. The van der Waals surface area contributed by atoms with E-state index in [4.69, 9.17) is 0 Å². The van der Waals surface area contributed by atoms with Gasteiger partial charge in [0.15, 0.2) is 0 Å². The maximum atomic E-state index is 2.49. The molecule has 1 unspecified atom stereocenters. The van der Waals surface area contributed by atoms with Gasteiger partial charge in [0.2, 0.25) is 0 Å². The van der Waals surface area contributed by atoms with Gasteiger partial charge in [0.05, 0.1) is 0 Å². The summed E-state index contributed by atoms with van der Waals surface area (Å²) in [4.78, 5) is 0. The highest BCUT2D eigenvalue weighted by atomic mass is 127. The molecule has 22 heavy (non-hydrogen) atoms. The van der Waals surface area contributed by atoms with Gasteiger partial charge in [-0.05, 0) is 87.7 Å². The Balaban J connectivity index is 1.84. The zero-order valence-corrected chi connectivity index (χ0v) is 15.4. The van der Waals surface area contributed by atoms with Gasteiger partial charge in [-0.2, -0.15) is 0 Å². The third-order valence-electron chi connectivity index (χ3n) is 5.40. The first-order valence-electron chi connectivity index (χ1n) is 8.17. The van der Waals surface area contributed by atoms with Gasteiger partial charge in [-0.25, -0.2) is 0 Å². The van der Waals surface area contributed by atoms with Gasteiger partial charge < -0.3 is 0 Å². The van der Waals surface area contributed by atoms with Gasteiger partial charge in [-0.15, -0.1) is 0 Å².